The monoisotopic (exact) mass is 312 g/mol. The minimum absolute atomic E-state index is 0.0540. The van der Waals surface area contributed by atoms with Gasteiger partial charge >= 0.3 is 0 Å². The summed E-state index contributed by atoms with van der Waals surface area (Å²) in [6.45, 7) is 3.28. The molecule has 3 N–H and O–H groups in total. The topological polar surface area (TPSA) is 49.5 Å². The summed E-state index contributed by atoms with van der Waals surface area (Å²) in [5, 5.41) is 9.47. The van der Waals surface area contributed by atoms with Crippen LogP contribution in [0.15, 0.2) is 28.7 Å². The van der Waals surface area contributed by atoms with Crippen molar-refractivity contribution in [3.8, 4) is 0 Å². The summed E-state index contributed by atoms with van der Waals surface area (Å²) >= 11 is 3.46. The van der Waals surface area contributed by atoms with E-state index in [4.69, 9.17) is 5.73 Å². The highest BCUT2D eigenvalue weighted by Crippen LogP contribution is 2.31. The average molecular weight is 313 g/mol. The van der Waals surface area contributed by atoms with Crippen LogP contribution < -0.4 is 5.73 Å². The third kappa shape index (κ3) is 2.94. The van der Waals surface area contributed by atoms with Crippen LogP contribution >= 0.6 is 15.9 Å². The standard InChI is InChI=1S/C14H21BrN2O/c1-10(16)14(11-4-6-12(15)7-5-11)17-8-2-3-13(17)9-18/h4-7,10,13-14,18H,2-3,8-9,16H2,1H3. The van der Waals surface area contributed by atoms with Crippen LogP contribution in [0.2, 0.25) is 0 Å². The van der Waals surface area contributed by atoms with E-state index >= 15 is 0 Å². The van der Waals surface area contributed by atoms with E-state index in [1.807, 2.05) is 6.92 Å². The zero-order valence-corrected chi connectivity index (χ0v) is 12.3. The smallest absolute Gasteiger partial charge is 0.0587 e. The molecule has 0 spiro atoms. The number of nitrogens with two attached hydrogens (primary N) is 1. The van der Waals surface area contributed by atoms with Crippen LogP contribution in [0, 0.1) is 0 Å². The predicted octanol–water partition coefficient (Wildman–Crippen LogP) is 2.29. The van der Waals surface area contributed by atoms with Crippen LogP contribution in [0.1, 0.15) is 31.4 Å². The quantitative estimate of drug-likeness (QED) is 0.897. The minimum Gasteiger partial charge on any atom is -0.395 e. The molecule has 18 heavy (non-hydrogen) atoms. The molecule has 3 nitrogen and oxygen atoms in total. The Hall–Kier alpha value is -0.420. The molecule has 100 valence electrons. The van der Waals surface area contributed by atoms with Crippen LogP contribution in [0.25, 0.3) is 0 Å². The molecule has 4 heteroatoms. The van der Waals surface area contributed by atoms with Crippen molar-refractivity contribution in [2.24, 2.45) is 5.73 Å². The lowest BCUT2D eigenvalue weighted by molar-refractivity contribution is 0.108. The van der Waals surface area contributed by atoms with Gasteiger partial charge in [-0.25, -0.2) is 0 Å². The van der Waals surface area contributed by atoms with E-state index in [0.29, 0.717) is 0 Å². The Balaban J connectivity index is 2.25. The maximum absolute atomic E-state index is 9.47. The first-order valence-electron chi connectivity index (χ1n) is 6.51. The largest absolute Gasteiger partial charge is 0.395 e. The van der Waals surface area contributed by atoms with Gasteiger partial charge in [0.1, 0.15) is 0 Å². The van der Waals surface area contributed by atoms with Gasteiger partial charge in [0, 0.05) is 22.6 Å². The highest BCUT2D eigenvalue weighted by Gasteiger charge is 2.32. The predicted molar refractivity (Wildman–Crippen MR) is 77.3 cm³/mol. The van der Waals surface area contributed by atoms with Crippen molar-refractivity contribution >= 4 is 15.9 Å². The molecule has 0 saturated carbocycles. The zero-order valence-electron chi connectivity index (χ0n) is 10.7. The van der Waals surface area contributed by atoms with E-state index in [0.717, 1.165) is 23.9 Å². The van der Waals surface area contributed by atoms with Gasteiger partial charge in [-0.2, -0.15) is 0 Å². The molecular formula is C14H21BrN2O. The molecule has 1 aromatic rings. The van der Waals surface area contributed by atoms with Crippen molar-refractivity contribution in [1.82, 2.24) is 4.90 Å². The maximum atomic E-state index is 9.47. The van der Waals surface area contributed by atoms with Gasteiger partial charge in [-0.15, -0.1) is 0 Å². The van der Waals surface area contributed by atoms with Gasteiger partial charge in [0.15, 0.2) is 0 Å². The van der Waals surface area contributed by atoms with E-state index < -0.39 is 0 Å². The first-order chi connectivity index (χ1) is 8.63. The molecule has 1 fully saturated rings. The van der Waals surface area contributed by atoms with Gasteiger partial charge in [0.25, 0.3) is 0 Å². The summed E-state index contributed by atoms with van der Waals surface area (Å²) in [5.74, 6) is 0. The lowest BCUT2D eigenvalue weighted by Crippen LogP contribution is -2.43. The number of aliphatic hydroxyl groups excluding tert-OH is 1. The number of nitrogens with zero attached hydrogens (tertiary/aromatic N) is 1. The minimum atomic E-state index is 0.0540. The van der Waals surface area contributed by atoms with Gasteiger partial charge in [0.2, 0.25) is 0 Å². The average Bonchev–Trinajstić information content (AvgIpc) is 2.79. The van der Waals surface area contributed by atoms with Crippen LogP contribution in [0.3, 0.4) is 0 Å². The van der Waals surface area contributed by atoms with Gasteiger partial charge < -0.3 is 10.8 Å². The van der Waals surface area contributed by atoms with Crippen molar-refractivity contribution in [1.29, 1.82) is 0 Å². The zero-order chi connectivity index (χ0) is 13.1. The Morgan fingerprint density at radius 3 is 2.67 bits per heavy atom. The third-order valence-electron chi connectivity index (χ3n) is 3.70. The summed E-state index contributed by atoms with van der Waals surface area (Å²) in [5.41, 5.74) is 7.40. The van der Waals surface area contributed by atoms with Crippen molar-refractivity contribution in [2.75, 3.05) is 13.2 Å². The van der Waals surface area contributed by atoms with Gasteiger partial charge in [0.05, 0.1) is 6.61 Å². The molecule has 1 saturated heterocycles. The molecule has 1 aliphatic rings. The number of aliphatic hydroxyl groups is 1. The normalized spacial score (nSPS) is 24.1. The number of hydrogen-bond acceptors (Lipinski definition) is 3. The first kappa shape index (κ1) is 14.0. The fourth-order valence-electron chi connectivity index (χ4n) is 2.88. The molecule has 1 heterocycles. The summed E-state index contributed by atoms with van der Waals surface area (Å²) in [7, 11) is 0. The number of likely N-dealkylation sites (tertiary alicyclic amines) is 1. The summed E-state index contributed by atoms with van der Waals surface area (Å²) in [6.07, 6.45) is 2.21. The number of halogens is 1. The SMILES string of the molecule is CC(N)C(c1ccc(Br)cc1)N1CCCC1CO. The highest BCUT2D eigenvalue weighted by molar-refractivity contribution is 9.10. The molecule has 0 radical (unpaired) electrons. The Morgan fingerprint density at radius 2 is 2.11 bits per heavy atom. The molecule has 0 aliphatic carbocycles. The summed E-state index contributed by atoms with van der Waals surface area (Å²) < 4.78 is 1.08. The molecule has 0 amide bonds. The van der Waals surface area contributed by atoms with Crippen molar-refractivity contribution < 1.29 is 5.11 Å². The second-order valence-corrected chi connectivity index (χ2v) is 5.99. The second kappa shape index (κ2) is 6.15. The maximum Gasteiger partial charge on any atom is 0.0587 e. The van der Waals surface area contributed by atoms with Crippen LogP contribution in [-0.2, 0) is 0 Å². The van der Waals surface area contributed by atoms with Gasteiger partial charge in [-0.1, -0.05) is 28.1 Å². The molecule has 0 bridgehead atoms. The van der Waals surface area contributed by atoms with E-state index in [1.165, 1.54) is 5.56 Å². The lowest BCUT2D eigenvalue weighted by Gasteiger charge is -2.35. The van der Waals surface area contributed by atoms with Crippen LogP contribution in [0.5, 0.6) is 0 Å². The molecular weight excluding hydrogens is 292 g/mol. The molecule has 3 atom stereocenters. The van der Waals surface area contributed by atoms with E-state index in [9.17, 15) is 5.11 Å². The van der Waals surface area contributed by atoms with Gasteiger partial charge in [-0.3, -0.25) is 4.90 Å². The van der Waals surface area contributed by atoms with Crippen LogP contribution in [-0.4, -0.2) is 35.2 Å². The van der Waals surface area contributed by atoms with Crippen molar-refractivity contribution in [3.63, 3.8) is 0 Å². The second-order valence-electron chi connectivity index (χ2n) is 5.07. The fourth-order valence-corrected chi connectivity index (χ4v) is 3.14. The first-order valence-corrected chi connectivity index (χ1v) is 7.30. The molecule has 1 aliphatic heterocycles. The molecule has 3 unspecified atom stereocenters. The van der Waals surface area contributed by atoms with E-state index in [2.05, 4.69) is 45.1 Å². The number of hydrogen-bond donors (Lipinski definition) is 2. The number of rotatable bonds is 4. The summed E-state index contributed by atoms with van der Waals surface area (Å²) in [4.78, 5) is 2.36. The molecule has 2 rings (SSSR count). The number of benzene rings is 1. The van der Waals surface area contributed by atoms with Crippen molar-refractivity contribution in [2.45, 2.75) is 37.9 Å². The Labute approximate surface area is 117 Å². The Bertz CT molecular complexity index is 380. The highest BCUT2D eigenvalue weighted by atomic mass is 79.9. The Morgan fingerprint density at radius 1 is 1.44 bits per heavy atom. The van der Waals surface area contributed by atoms with Gasteiger partial charge in [-0.05, 0) is 44.0 Å². The van der Waals surface area contributed by atoms with E-state index in [-0.39, 0.29) is 24.7 Å². The lowest BCUT2D eigenvalue weighted by atomic mass is 9.98. The van der Waals surface area contributed by atoms with Crippen molar-refractivity contribution in [3.05, 3.63) is 34.3 Å². The van der Waals surface area contributed by atoms with Crippen LogP contribution in [0.4, 0.5) is 0 Å². The third-order valence-corrected chi connectivity index (χ3v) is 4.23. The summed E-state index contributed by atoms with van der Waals surface area (Å²) in [6, 6.07) is 8.83. The Kier molecular flexibility index (Phi) is 4.78. The van der Waals surface area contributed by atoms with E-state index in [1.54, 1.807) is 0 Å². The fraction of sp³-hybridized carbons (Fsp3) is 0.571. The molecule has 1 aromatic carbocycles. The molecule has 0 aromatic heterocycles.